The summed E-state index contributed by atoms with van der Waals surface area (Å²) < 4.78 is 26.7. The molecule has 19 heavy (non-hydrogen) atoms. The molecule has 4 nitrogen and oxygen atoms in total. The Balaban J connectivity index is 2.16. The van der Waals surface area contributed by atoms with Crippen LogP contribution in [0.2, 0.25) is 5.02 Å². The minimum Gasteiger partial charge on any atom is -0.260 e. The normalized spacial score (nSPS) is 11.5. The Kier molecular flexibility index (Phi) is 4.19. The topological polar surface area (TPSA) is 59.1 Å². The van der Waals surface area contributed by atoms with Crippen molar-refractivity contribution in [2.75, 3.05) is 0 Å². The van der Waals surface area contributed by atoms with Gasteiger partial charge < -0.3 is 0 Å². The van der Waals surface area contributed by atoms with E-state index in [2.05, 4.69) is 9.71 Å². The van der Waals surface area contributed by atoms with Crippen LogP contribution in [0.1, 0.15) is 11.3 Å². The van der Waals surface area contributed by atoms with Crippen LogP contribution in [0, 0.1) is 6.92 Å². The summed E-state index contributed by atoms with van der Waals surface area (Å²) in [7, 11) is -3.55. The van der Waals surface area contributed by atoms with Gasteiger partial charge in [-0.05, 0) is 42.8 Å². The predicted octanol–water partition coefficient (Wildman–Crippen LogP) is 2.52. The fraction of sp³-hybridized carbons (Fsp3) is 0.154. The number of benzene rings is 1. The second-order valence-corrected chi connectivity index (χ2v) is 6.23. The second-order valence-electron chi connectivity index (χ2n) is 4.06. The maximum Gasteiger partial charge on any atom is 0.240 e. The van der Waals surface area contributed by atoms with Crippen molar-refractivity contribution >= 4 is 21.6 Å². The molecule has 0 amide bonds. The van der Waals surface area contributed by atoms with Gasteiger partial charge in [0.15, 0.2) is 0 Å². The van der Waals surface area contributed by atoms with Crippen molar-refractivity contribution in [3.8, 4) is 0 Å². The third kappa shape index (κ3) is 3.53. The molecule has 2 rings (SSSR count). The van der Waals surface area contributed by atoms with E-state index in [1.165, 1.54) is 6.07 Å². The van der Waals surface area contributed by atoms with Crippen LogP contribution in [0.4, 0.5) is 0 Å². The van der Waals surface area contributed by atoms with E-state index in [1.54, 1.807) is 37.4 Å². The van der Waals surface area contributed by atoms with E-state index >= 15 is 0 Å². The smallest absolute Gasteiger partial charge is 0.240 e. The van der Waals surface area contributed by atoms with Gasteiger partial charge in [0.05, 0.1) is 17.1 Å². The lowest BCUT2D eigenvalue weighted by Gasteiger charge is -2.07. The molecular weight excluding hydrogens is 284 g/mol. The minimum atomic E-state index is -3.55. The average molecular weight is 297 g/mol. The molecule has 0 atom stereocenters. The molecule has 6 heteroatoms. The lowest BCUT2D eigenvalue weighted by molar-refractivity contribution is 0.580. The molecule has 2 aromatic rings. The van der Waals surface area contributed by atoms with E-state index in [0.717, 1.165) is 5.56 Å². The standard InChI is InChI=1S/C13H13ClN2O2S/c1-10-8-12(5-6-13(10)14)19(17,18)16-9-11-4-2-3-7-15-11/h2-8,16H,9H2,1H3. The number of hydrogen-bond acceptors (Lipinski definition) is 3. The molecule has 0 bridgehead atoms. The van der Waals surface area contributed by atoms with Crippen LogP contribution >= 0.6 is 11.6 Å². The average Bonchev–Trinajstić information content (AvgIpc) is 2.41. The number of aryl methyl sites for hydroxylation is 1. The number of aromatic nitrogens is 1. The van der Waals surface area contributed by atoms with Gasteiger partial charge in [0, 0.05) is 11.2 Å². The Morgan fingerprint density at radius 1 is 1.26 bits per heavy atom. The summed E-state index contributed by atoms with van der Waals surface area (Å²) in [5, 5.41) is 0.545. The van der Waals surface area contributed by atoms with Crippen molar-refractivity contribution < 1.29 is 8.42 Å². The summed E-state index contributed by atoms with van der Waals surface area (Å²) in [6.45, 7) is 1.92. The first-order valence-electron chi connectivity index (χ1n) is 5.65. The number of pyridine rings is 1. The SMILES string of the molecule is Cc1cc(S(=O)(=O)NCc2ccccn2)ccc1Cl. The van der Waals surface area contributed by atoms with Crippen molar-refractivity contribution in [2.45, 2.75) is 18.4 Å². The highest BCUT2D eigenvalue weighted by Crippen LogP contribution is 2.19. The third-order valence-electron chi connectivity index (χ3n) is 2.61. The van der Waals surface area contributed by atoms with E-state index in [0.29, 0.717) is 10.7 Å². The zero-order valence-corrected chi connectivity index (χ0v) is 11.9. The van der Waals surface area contributed by atoms with Crippen molar-refractivity contribution in [3.63, 3.8) is 0 Å². The summed E-state index contributed by atoms with van der Waals surface area (Å²) >= 11 is 5.88. The summed E-state index contributed by atoms with van der Waals surface area (Å²) in [4.78, 5) is 4.26. The van der Waals surface area contributed by atoms with Gasteiger partial charge in [-0.1, -0.05) is 17.7 Å². The summed E-state index contributed by atoms with van der Waals surface area (Å²) in [6.07, 6.45) is 1.62. The van der Waals surface area contributed by atoms with Crippen molar-refractivity contribution in [2.24, 2.45) is 0 Å². The zero-order chi connectivity index (χ0) is 13.9. The Hall–Kier alpha value is -1.43. The van der Waals surface area contributed by atoms with Crippen LogP contribution in [0.5, 0.6) is 0 Å². The number of nitrogens with one attached hydrogen (secondary N) is 1. The molecule has 1 heterocycles. The molecule has 0 spiro atoms. The molecule has 0 radical (unpaired) electrons. The van der Waals surface area contributed by atoms with E-state index in [9.17, 15) is 8.42 Å². The molecular formula is C13H13ClN2O2S. The lowest BCUT2D eigenvalue weighted by Crippen LogP contribution is -2.23. The molecule has 0 saturated heterocycles. The number of nitrogens with zero attached hydrogens (tertiary/aromatic N) is 1. The number of hydrogen-bond donors (Lipinski definition) is 1. The first-order valence-corrected chi connectivity index (χ1v) is 7.51. The largest absolute Gasteiger partial charge is 0.260 e. The van der Waals surface area contributed by atoms with E-state index < -0.39 is 10.0 Å². The monoisotopic (exact) mass is 296 g/mol. The molecule has 0 aliphatic carbocycles. The summed E-state index contributed by atoms with van der Waals surface area (Å²) in [5.74, 6) is 0. The van der Waals surface area contributed by atoms with Crippen LogP contribution in [-0.4, -0.2) is 13.4 Å². The first kappa shape index (κ1) is 14.0. The molecule has 0 aliphatic heterocycles. The lowest BCUT2D eigenvalue weighted by atomic mass is 10.2. The number of halogens is 1. The Labute approximate surface area is 117 Å². The predicted molar refractivity (Wildman–Crippen MR) is 74.5 cm³/mol. The van der Waals surface area contributed by atoms with Crippen LogP contribution in [0.3, 0.4) is 0 Å². The van der Waals surface area contributed by atoms with Crippen LogP contribution < -0.4 is 4.72 Å². The van der Waals surface area contributed by atoms with E-state index in [-0.39, 0.29) is 11.4 Å². The summed E-state index contributed by atoms with van der Waals surface area (Å²) in [5.41, 5.74) is 1.39. The van der Waals surface area contributed by atoms with Gasteiger partial charge in [-0.3, -0.25) is 4.98 Å². The molecule has 0 saturated carbocycles. The van der Waals surface area contributed by atoms with Crippen LogP contribution in [0.15, 0.2) is 47.5 Å². The molecule has 0 fully saturated rings. The van der Waals surface area contributed by atoms with Crippen molar-refractivity contribution in [1.29, 1.82) is 0 Å². The van der Waals surface area contributed by atoms with Crippen LogP contribution in [0.25, 0.3) is 0 Å². The second kappa shape index (κ2) is 5.69. The summed E-state index contributed by atoms with van der Waals surface area (Å²) in [6, 6.07) is 9.95. The van der Waals surface area contributed by atoms with E-state index in [1.807, 2.05) is 6.07 Å². The van der Waals surface area contributed by atoms with Gasteiger partial charge in [0.1, 0.15) is 0 Å². The maximum absolute atomic E-state index is 12.1. The molecule has 1 aromatic heterocycles. The highest BCUT2D eigenvalue weighted by Gasteiger charge is 2.14. The minimum absolute atomic E-state index is 0.158. The Morgan fingerprint density at radius 2 is 2.05 bits per heavy atom. The van der Waals surface area contributed by atoms with Crippen molar-refractivity contribution in [1.82, 2.24) is 9.71 Å². The quantitative estimate of drug-likeness (QED) is 0.943. The highest BCUT2D eigenvalue weighted by atomic mass is 35.5. The third-order valence-corrected chi connectivity index (χ3v) is 4.43. The van der Waals surface area contributed by atoms with Gasteiger partial charge in [-0.2, -0.15) is 0 Å². The Morgan fingerprint density at radius 3 is 2.68 bits per heavy atom. The highest BCUT2D eigenvalue weighted by molar-refractivity contribution is 7.89. The number of sulfonamides is 1. The van der Waals surface area contributed by atoms with Crippen molar-refractivity contribution in [3.05, 3.63) is 58.9 Å². The molecule has 1 aromatic carbocycles. The molecule has 100 valence electrons. The van der Waals surface area contributed by atoms with Gasteiger partial charge in [0.25, 0.3) is 0 Å². The zero-order valence-electron chi connectivity index (χ0n) is 10.3. The molecule has 0 unspecified atom stereocenters. The first-order chi connectivity index (χ1) is 8.99. The maximum atomic E-state index is 12.1. The van der Waals surface area contributed by atoms with E-state index in [4.69, 9.17) is 11.6 Å². The van der Waals surface area contributed by atoms with Crippen LogP contribution in [-0.2, 0) is 16.6 Å². The van der Waals surface area contributed by atoms with Gasteiger partial charge >= 0.3 is 0 Å². The Bertz CT molecular complexity index is 672. The number of rotatable bonds is 4. The van der Waals surface area contributed by atoms with Gasteiger partial charge in [-0.15, -0.1) is 0 Å². The molecule has 0 aliphatic rings. The fourth-order valence-corrected chi connectivity index (χ4v) is 2.74. The van der Waals surface area contributed by atoms with Gasteiger partial charge in [-0.25, -0.2) is 13.1 Å². The van der Waals surface area contributed by atoms with Gasteiger partial charge in [0.2, 0.25) is 10.0 Å². The fourth-order valence-electron chi connectivity index (χ4n) is 1.54. The molecule has 1 N–H and O–H groups in total.